The molecule has 19 heavy (non-hydrogen) atoms. The fourth-order valence-corrected chi connectivity index (χ4v) is 2.68. The molecule has 0 unspecified atom stereocenters. The Kier molecular flexibility index (Phi) is 4.99. The Bertz CT molecular complexity index is 423. The number of benzene rings is 1. The van der Waals surface area contributed by atoms with Crippen molar-refractivity contribution in [3.05, 3.63) is 22.7 Å². The average Bonchev–Trinajstić information content (AvgIpc) is 2.37. The number of rotatable bonds is 4. The standard InChI is InChI=1S/C13H17BrF2N2O/c1-2-17-3-5-18(6-4-17)11-7-10(14)8-12(9-11)19-13(15)16/h7-9,13H,2-6H2,1H3. The highest BCUT2D eigenvalue weighted by atomic mass is 79.9. The molecule has 1 heterocycles. The summed E-state index contributed by atoms with van der Waals surface area (Å²) in [6.45, 7) is 4.19. The minimum Gasteiger partial charge on any atom is -0.435 e. The van der Waals surface area contributed by atoms with Crippen molar-refractivity contribution in [1.82, 2.24) is 4.90 Å². The van der Waals surface area contributed by atoms with E-state index >= 15 is 0 Å². The summed E-state index contributed by atoms with van der Waals surface area (Å²) in [6, 6.07) is 5.15. The quantitative estimate of drug-likeness (QED) is 0.841. The minimum absolute atomic E-state index is 0.192. The lowest BCUT2D eigenvalue weighted by Crippen LogP contribution is -2.46. The van der Waals surface area contributed by atoms with E-state index in [9.17, 15) is 8.78 Å². The molecule has 0 N–H and O–H groups in total. The number of hydrogen-bond acceptors (Lipinski definition) is 3. The zero-order valence-corrected chi connectivity index (χ0v) is 12.4. The van der Waals surface area contributed by atoms with Crippen molar-refractivity contribution in [3.8, 4) is 5.75 Å². The summed E-state index contributed by atoms with van der Waals surface area (Å²) >= 11 is 3.33. The number of ether oxygens (including phenoxy) is 1. The van der Waals surface area contributed by atoms with E-state index in [4.69, 9.17) is 0 Å². The van der Waals surface area contributed by atoms with Crippen molar-refractivity contribution < 1.29 is 13.5 Å². The first-order valence-corrected chi connectivity index (χ1v) is 7.10. The van der Waals surface area contributed by atoms with Crippen molar-refractivity contribution in [1.29, 1.82) is 0 Å². The molecule has 0 spiro atoms. The summed E-state index contributed by atoms with van der Waals surface area (Å²) in [5.41, 5.74) is 0.917. The van der Waals surface area contributed by atoms with Gasteiger partial charge in [0.1, 0.15) is 5.75 Å². The van der Waals surface area contributed by atoms with Crippen molar-refractivity contribution in [2.24, 2.45) is 0 Å². The molecule has 0 radical (unpaired) electrons. The molecule has 0 atom stereocenters. The SMILES string of the molecule is CCN1CCN(c2cc(Br)cc(OC(F)F)c2)CC1. The van der Waals surface area contributed by atoms with E-state index in [0.717, 1.165) is 42.9 Å². The Balaban J connectivity index is 2.09. The maximum Gasteiger partial charge on any atom is 0.387 e. The Morgan fingerprint density at radius 1 is 1.21 bits per heavy atom. The second-order valence-corrected chi connectivity index (χ2v) is 5.36. The average molecular weight is 335 g/mol. The molecule has 3 nitrogen and oxygen atoms in total. The topological polar surface area (TPSA) is 15.7 Å². The van der Waals surface area contributed by atoms with E-state index in [2.05, 4.69) is 37.4 Å². The van der Waals surface area contributed by atoms with Gasteiger partial charge < -0.3 is 14.5 Å². The van der Waals surface area contributed by atoms with Crippen molar-refractivity contribution in [2.45, 2.75) is 13.5 Å². The van der Waals surface area contributed by atoms with Gasteiger partial charge in [-0.3, -0.25) is 0 Å². The third-order valence-electron chi connectivity index (χ3n) is 3.27. The van der Waals surface area contributed by atoms with Crippen LogP contribution in [0.25, 0.3) is 0 Å². The molecule has 106 valence electrons. The zero-order valence-electron chi connectivity index (χ0n) is 10.8. The first-order valence-electron chi connectivity index (χ1n) is 6.31. The van der Waals surface area contributed by atoms with E-state index in [0.29, 0.717) is 0 Å². The van der Waals surface area contributed by atoms with Crippen LogP contribution in [0.2, 0.25) is 0 Å². The molecular formula is C13H17BrF2N2O. The molecule has 1 saturated heterocycles. The molecule has 1 aliphatic rings. The smallest absolute Gasteiger partial charge is 0.387 e. The molecule has 0 aromatic heterocycles. The molecule has 1 fully saturated rings. The molecule has 1 aromatic rings. The predicted molar refractivity (Wildman–Crippen MR) is 75.1 cm³/mol. The summed E-state index contributed by atoms with van der Waals surface area (Å²) in [4.78, 5) is 4.56. The second kappa shape index (κ2) is 6.52. The maximum absolute atomic E-state index is 12.3. The van der Waals surface area contributed by atoms with Crippen LogP contribution in [-0.4, -0.2) is 44.2 Å². The summed E-state index contributed by atoms with van der Waals surface area (Å²) in [6.07, 6.45) is 0. The lowest BCUT2D eigenvalue weighted by molar-refractivity contribution is -0.0498. The summed E-state index contributed by atoms with van der Waals surface area (Å²) in [5.74, 6) is 0.192. The van der Waals surface area contributed by atoms with Crippen LogP contribution in [0.4, 0.5) is 14.5 Å². The monoisotopic (exact) mass is 334 g/mol. The normalized spacial score (nSPS) is 17.0. The van der Waals surface area contributed by atoms with Gasteiger partial charge in [-0.05, 0) is 18.7 Å². The third-order valence-corrected chi connectivity index (χ3v) is 3.72. The third kappa shape index (κ3) is 4.04. The van der Waals surface area contributed by atoms with Gasteiger partial charge >= 0.3 is 6.61 Å². The van der Waals surface area contributed by atoms with Crippen molar-refractivity contribution >= 4 is 21.6 Å². The van der Waals surface area contributed by atoms with Gasteiger partial charge in [-0.15, -0.1) is 0 Å². The largest absolute Gasteiger partial charge is 0.435 e. The summed E-state index contributed by atoms with van der Waals surface area (Å²) in [5, 5.41) is 0. The predicted octanol–water partition coefficient (Wildman–Crippen LogP) is 3.19. The molecule has 1 aromatic carbocycles. The molecular weight excluding hydrogens is 318 g/mol. The van der Waals surface area contributed by atoms with E-state index in [1.807, 2.05) is 6.07 Å². The summed E-state index contributed by atoms with van der Waals surface area (Å²) < 4.78 is 29.7. The lowest BCUT2D eigenvalue weighted by Gasteiger charge is -2.35. The van der Waals surface area contributed by atoms with Gasteiger partial charge in [0.15, 0.2) is 0 Å². The number of alkyl halides is 2. The molecule has 6 heteroatoms. The Morgan fingerprint density at radius 2 is 1.89 bits per heavy atom. The Morgan fingerprint density at radius 3 is 2.47 bits per heavy atom. The fraction of sp³-hybridized carbons (Fsp3) is 0.538. The van der Waals surface area contributed by atoms with Crippen LogP contribution >= 0.6 is 15.9 Å². The number of piperazine rings is 1. The van der Waals surface area contributed by atoms with Crippen LogP contribution in [0.15, 0.2) is 22.7 Å². The molecule has 0 amide bonds. The number of anilines is 1. The number of halogens is 3. The highest BCUT2D eigenvalue weighted by Crippen LogP contribution is 2.29. The van der Waals surface area contributed by atoms with E-state index in [1.165, 1.54) is 0 Å². The molecule has 0 bridgehead atoms. The lowest BCUT2D eigenvalue weighted by atomic mass is 10.2. The number of likely N-dealkylation sites (N-methyl/N-ethyl adjacent to an activating group) is 1. The first-order chi connectivity index (χ1) is 9.08. The van der Waals surface area contributed by atoms with E-state index in [1.54, 1.807) is 12.1 Å². The van der Waals surface area contributed by atoms with Gasteiger partial charge in [-0.2, -0.15) is 8.78 Å². The van der Waals surface area contributed by atoms with E-state index < -0.39 is 6.61 Å². The zero-order chi connectivity index (χ0) is 13.8. The van der Waals surface area contributed by atoms with Crippen molar-refractivity contribution in [3.63, 3.8) is 0 Å². The van der Waals surface area contributed by atoms with Crippen LogP contribution in [-0.2, 0) is 0 Å². The first kappa shape index (κ1) is 14.5. The highest BCUT2D eigenvalue weighted by molar-refractivity contribution is 9.10. The van der Waals surface area contributed by atoms with Gasteiger partial charge in [0.25, 0.3) is 0 Å². The Labute approximate surface area is 120 Å². The Hall–Kier alpha value is -0.880. The molecule has 0 aliphatic carbocycles. The second-order valence-electron chi connectivity index (χ2n) is 4.44. The van der Waals surface area contributed by atoms with Gasteiger partial charge in [0.2, 0.25) is 0 Å². The highest BCUT2D eigenvalue weighted by Gasteiger charge is 2.17. The minimum atomic E-state index is -2.79. The van der Waals surface area contributed by atoms with Crippen molar-refractivity contribution in [2.75, 3.05) is 37.6 Å². The number of hydrogen-bond donors (Lipinski definition) is 0. The van der Waals surface area contributed by atoms with Crippen LogP contribution in [0, 0.1) is 0 Å². The van der Waals surface area contributed by atoms with Gasteiger partial charge in [0.05, 0.1) is 0 Å². The maximum atomic E-state index is 12.3. The molecule has 0 saturated carbocycles. The summed E-state index contributed by atoms with van der Waals surface area (Å²) in [7, 11) is 0. The molecule has 2 rings (SSSR count). The fourth-order valence-electron chi connectivity index (χ4n) is 2.22. The van der Waals surface area contributed by atoms with E-state index in [-0.39, 0.29) is 5.75 Å². The van der Waals surface area contributed by atoms with Crippen LogP contribution < -0.4 is 9.64 Å². The van der Waals surface area contributed by atoms with Crippen LogP contribution in [0.3, 0.4) is 0 Å². The van der Waals surface area contributed by atoms with Gasteiger partial charge in [-0.25, -0.2) is 0 Å². The van der Waals surface area contributed by atoms with Crippen LogP contribution in [0.1, 0.15) is 6.92 Å². The molecule has 1 aliphatic heterocycles. The number of nitrogens with zero attached hydrogens (tertiary/aromatic N) is 2. The van der Waals surface area contributed by atoms with Gasteiger partial charge in [-0.1, -0.05) is 22.9 Å². The van der Waals surface area contributed by atoms with Crippen LogP contribution in [0.5, 0.6) is 5.75 Å². The van der Waals surface area contributed by atoms with Gasteiger partial charge in [0, 0.05) is 42.4 Å².